The van der Waals surface area contributed by atoms with E-state index < -0.39 is 0 Å². The van der Waals surface area contributed by atoms with Crippen molar-refractivity contribution in [1.82, 2.24) is 4.90 Å². The largest absolute Gasteiger partial charge is 0.396 e. The third kappa shape index (κ3) is 5.09. The molecular weight excluding hydrogens is 332 g/mol. The van der Waals surface area contributed by atoms with Crippen LogP contribution in [0.15, 0.2) is 22.7 Å². The van der Waals surface area contributed by atoms with Gasteiger partial charge >= 0.3 is 0 Å². The fourth-order valence-corrected chi connectivity index (χ4v) is 3.42. The Morgan fingerprint density at radius 1 is 1.52 bits per heavy atom. The summed E-state index contributed by atoms with van der Waals surface area (Å²) in [4.78, 5) is 14.3. The van der Waals surface area contributed by atoms with Crippen molar-refractivity contribution in [2.45, 2.75) is 26.2 Å². The standard InChI is InChI=1S/C16H23BrN2O2/c1-12-4-5-15(14(17)9-12)18-16(21)11-19-7-2-3-13(10-19)6-8-20/h4-5,9,13,20H,2-3,6-8,10-11H2,1H3,(H,18,21). The Bertz CT molecular complexity index is 491. The van der Waals surface area contributed by atoms with Gasteiger partial charge in [-0.05, 0) is 72.3 Å². The van der Waals surface area contributed by atoms with Gasteiger partial charge in [0, 0.05) is 17.6 Å². The highest BCUT2D eigenvalue weighted by atomic mass is 79.9. The number of halogens is 1. The third-order valence-corrected chi connectivity index (χ3v) is 4.56. The maximum Gasteiger partial charge on any atom is 0.238 e. The number of hydrogen-bond donors (Lipinski definition) is 2. The van der Waals surface area contributed by atoms with Crippen molar-refractivity contribution in [3.63, 3.8) is 0 Å². The Balaban J connectivity index is 1.86. The molecule has 0 aromatic heterocycles. The van der Waals surface area contributed by atoms with E-state index in [9.17, 15) is 4.79 Å². The normalized spacial score (nSPS) is 19.5. The van der Waals surface area contributed by atoms with Crippen LogP contribution in [0.2, 0.25) is 0 Å². The van der Waals surface area contributed by atoms with E-state index in [1.165, 1.54) is 0 Å². The van der Waals surface area contributed by atoms with Crippen molar-refractivity contribution in [2.24, 2.45) is 5.92 Å². The molecule has 0 saturated carbocycles. The monoisotopic (exact) mass is 354 g/mol. The predicted octanol–water partition coefficient (Wildman–Crippen LogP) is 2.79. The summed E-state index contributed by atoms with van der Waals surface area (Å²) in [5.74, 6) is 0.534. The number of piperidine rings is 1. The lowest BCUT2D eigenvalue weighted by Crippen LogP contribution is -2.40. The van der Waals surface area contributed by atoms with Crippen LogP contribution < -0.4 is 5.32 Å². The Morgan fingerprint density at radius 3 is 3.05 bits per heavy atom. The van der Waals surface area contributed by atoms with Gasteiger partial charge in [-0.2, -0.15) is 0 Å². The van der Waals surface area contributed by atoms with E-state index in [-0.39, 0.29) is 12.5 Å². The number of hydrogen-bond acceptors (Lipinski definition) is 3. The molecule has 1 unspecified atom stereocenters. The topological polar surface area (TPSA) is 52.6 Å². The predicted molar refractivity (Wildman–Crippen MR) is 88.4 cm³/mol. The van der Waals surface area contributed by atoms with Gasteiger partial charge in [0.25, 0.3) is 0 Å². The Morgan fingerprint density at radius 2 is 2.33 bits per heavy atom. The van der Waals surface area contributed by atoms with Gasteiger partial charge in [-0.15, -0.1) is 0 Å². The molecule has 0 aliphatic carbocycles. The number of likely N-dealkylation sites (tertiary alicyclic amines) is 1. The fraction of sp³-hybridized carbons (Fsp3) is 0.562. The first-order valence-electron chi connectivity index (χ1n) is 7.47. The minimum atomic E-state index is 0.0178. The molecule has 116 valence electrons. The summed E-state index contributed by atoms with van der Waals surface area (Å²) < 4.78 is 0.910. The first-order chi connectivity index (χ1) is 10.1. The van der Waals surface area contributed by atoms with Gasteiger partial charge in [0.2, 0.25) is 5.91 Å². The van der Waals surface area contributed by atoms with Crippen molar-refractivity contribution in [1.29, 1.82) is 0 Å². The molecule has 1 aliphatic rings. The van der Waals surface area contributed by atoms with Crippen molar-refractivity contribution in [2.75, 3.05) is 31.6 Å². The van der Waals surface area contributed by atoms with Crippen LogP contribution in [0.4, 0.5) is 5.69 Å². The second kappa shape index (κ2) is 7.92. The third-order valence-electron chi connectivity index (χ3n) is 3.91. The quantitative estimate of drug-likeness (QED) is 0.854. The Hall–Kier alpha value is -0.910. The number of aliphatic hydroxyl groups excluding tert-OH is 1. The van der Waals surface area contributed by atoms with Gasteiger partial charge in [-0.1, -0.05) is 6.07 Å². The molecule has 1 saturated heterocycles. The SMILES string of the molecule is Cc1ccc(NC(=O)CN2CCCC(CCO)C2)c(Br)c1. The molecule has 1 heterocycles. The highest BCUT2D eigenvalue weighted by Crippen LogP contribution is 2.24. The lowest BCUT2D eigenvalue weighted by molar-refractivity contribution is -0.117. The maximum atomic E-state index is 12.2. The molecule has 2 rings (SSSR count). The molecule has 0 radical (unpaired) electrons. The Kier molecular flexibility index (Phi) is 6.21. The zero-order chi connectivity index (χ0) is 15.2. The number of nitrogens with one attached hydrogen (secondary N) is 1. The number of anilines is 1. The van der Waals surface area contributed by atoms with E-state index in [1.807, 2.05) is 25.1 Å². The van der Waals surface area contributed by atoms with Crippen molar-refractivity contribution >= 4 is 27.5 Å². The minimum Gasteiger partial charge on any atom is -0.396 e. The number of nitrogens with zero attached hydrogens (tertiary/aromatic N) is 1. The summed E-state index contributed by atoms with van der Waals surface area (Å²) >= 11 is 3.47. The van der Waals surface area contributed by atoms with E-state index in [1.54, 1.807) is 0 Å². The van der Waals surface area contributed by atoms with Gasteiger partial charge in [-0.3, -0.25) is 9.69 Å². The second-order valence-corrected chi connectivity index (χ2v) is 6.64. The van der Waals surface area contributed by atoms with Crippen LogP contribution in [-0.4, -0.2) is 42.2 Å². The molecule has 4 nitrogen and oxygen atoms in total. The summed E-state index contributed by atoms with van der Waals surface area (Å²) in [5.41, 5.74) is 1.97. The number of aliphatic hydroxyl groups is 1. The first-order valence-corrected chi connectivity index (χ1v) is 8.27. The van der Waals surface area contributed by atoms with E-state index in [0.717, 1.165) is 48.1 Å². The first kappa shape index (κ1) is 16.5. The number of aryl methyl sites for hydroxylation is 1. The van der Waals surface area contributed by atoms with E-state index >= 15 is 0 Å². The average molecular weight is 355 g/mol. The molecule has 21 heavy (non-hydrogen) atoms. The van der Waals surface area contributed by atoms with E-state index in [4.69, 9.17) is 5.11 Å². The lowest BCUT2D eigenvalue weighted by atomic mass is 9.95. The minimum absolute atomic E-state index is 0.0178. The number of rotatable bonds is 5. The van der Waals surface area contributed by atoms with Gasteiger partial charge in [0.05, 0.1) is 12.2 Å². The highest BCUT2D eigenvalue weighted by molar-refractivity contribution is 9.10. The molecular formula is C16H23BrN2O2. The van der Waals surface area contributed by atoms with E-state index in [0.29, 0.717) is 12.5 Å². The summed E-state index contributed by atoms with van der Waals surface area (Å²) in [5, 5.41) is 12.0. The summed E-state index contributed by atoms with van der Waals surface area (Å²) in [6.07, 6.45) is 3.09. The van der Waals surface area contributed by atoms with Crippen LogP contribution in [0.3, 0.4) is 0 Å². The average Bonchev–Trinajstić information content (AvgIpc) is 2.43. The van der Waals surface area contributed by atoms with E-state index in [2.05, 4.69) is 26.1 Å². The van der Waals surface area contributed by atoms with Crippen LogP contribution in [0.5, 0.6) is 0 Å². The summed E-state index contributed by atoms with van der Waals surface area (Å²) in [7, 11) is 0. The number of benzene rings is 1. The molecule has 1 aromatic carbocycles. The number of carbonyl (C=O) groups is 1. The van der Waals surface area contributed by atoms with Crippen molar-refractivity contribution in [3.8, 4) is 0 Å². The number of amides is 1. The molecule has 2 N–H and O–H groups in total. The van der Waals surface area contributed by atoms with Gasteiger partial charge in [0.1, 0.15) is 0 Å². The zero-order valence-corrected chi connectivity index (χ0v) is 14.0. The fourth-order valence-electron chi connectivity index (χ4n) is 2.83. The van der Waals surface area contributed by atoms with Crippen molar-refractivity contribution in [3.05, 3.63) is 28.2 Å². The lowest BCUT2D eigenvalue weighted by Gasteiger charge is -2.31. The summed E-state index contributed by atoms with van der Waals surface area (Å²) in [6.45, 7) is 4.54. The molecule has 5 heteroatoms. The number of carbonyl (C=O) groups excluding carboxylic acids is 1. The molecule has 1 aliphatic heterocycles. The second-order valence-electron chi connectivity index (χ2n) is 5.79. The van der Waals surface area contributed by atoms with Gasteiger partial charge < -0.3 is 10.4 Å². The molecule has 1 atom stereocenters. The molecule has 1 fully saturated rings. The molecule has 1 aromatic rings. The molecule has 1 amide bonds. The summed E-state index contributed by atoms with van der Waals surface area (Å²) in [6, 6.07) is 5.90. The van der Waals surface area contributed by atoms with Crippen LogP contribution in [-0.2, 0) is 4.79 Å². The van der Waals surface area contributed by atoms with Crippen LogP contribution in [0.1, 0.15) is 24.8 Å². The van der Waals surface area contributed by atoms with Crippen LogP contribution in [0, 0.1) is 12.8 Å². The molecule has 0 bridgehead atoms. The van der Waals surface area contributed by atoms with Crippen molar-refractivity contribution < 1.29 is 9.90 Å². The maximum absolute atomic E-state index is 12.2. The Labute approximate surface area is 134 Å². The van der Waals surface area contributed by atoms with Crippen LogP contribution in [0.25, 0.3) is 0 Å². The zero-order valence-electron chi connectivity index (χ0n) is 12.4. The highest BCUT2D eigenvalue weighted by Gasteiger charge is 2.21. The molecule has 0 spiro atoms. The van der Waals surface area contributed by atoms with Gasteiger partial charge in [-0.25, -0.2) is 0 Å². The van der Waals surface area contributed by atoms with Crippen LogP contribution >= 0.6 is 15.9 Å². The van der Waals surface area contributed by atoms with Gasteiger partial charge in [0.15, 0.2) is 0 Å². The smallest absolute Gasteiger partial charge is 0.238 e.